The van der Waals surface area contributed by atoms with Crippen molar-refractivity contribution in [3.05, 3.63) is 34.3 Å². The fourth-order valence-electron chi connectivity index (χ4n) is 1.42. The molecule has 1 heterocycles. The van der Waals surface area contributed by atoms with Crippen LogP contribution in [0.4, 0.5) is 4.39 Å². The lowest BCUT2D eigenvalue weighted by Crippen LogP contribution is -2.17. The van der Waals surface area contributed by atoms with Gasteiger partial charge in [0.05, 0.1) is 22.7 Å². The van der Waals surface area contributed by atoms with Crippen molar-refractivity contribution in [1.29, 1.82) is 0 Å². The number of hydrogen-bond acceptors (Lipinski definition) is 5. The van der Waals surface area contributed by atoms with Crippen molar-refractivity contribution in [3.63, 3.8) is 0 Å². The number of hydrogen-bond donors (Lipinski definition) is 1. The van der Waals surface area contributed by atoms with Gasteiger partial charge in [-0.2, -0.15) is 4.98 Å². The van der Waals surface area contributed by atoms with E-state index in [9.17, 15) is 4.39 Å². The Morgan fingerprint density at radius 3 is 3.06 bits per heavy atom. The molecule has 0 saturated heterocycles. The highest BCUT2D eigenvalue weighted by molar-refractivity contribution is 9.10. The van der Waals surface area contributed by atoms with Gasteiger partial charge < -0.3 is 15.0 Å². The second-order valence-electron chi connectivity index (χ2n) is 3.62. The van der Waals surface area contributed by atoms with Crippen molar-refractivity contribution in [3.8, 4) is 11.5 Å². The number of nitrogens with two attached hydrogens (primary N) is 1. The largest absolute Gasteiger partial charge is 0.383 e. The molecule has 2 rings (SSSR count). The fraction of sp³-hybridized carbons (Fsp3) is 0.273. The van der Waals surface area contributed by atoms with Crippen molar-refractivity contribution < 1.29 is 13.7 Å². The second kappa shape index (κ2) is 5.55. The highest BCUT2D eigenvalue weighted by Gasteiger charge is 2.18. The van der Waals surface area contributed by atoms with Crippen LogP contribution >= 0.6 is 15.9 Å². The minimum atomic E-state index is -0.497. The molecule has 0 fully saturated rings. The van der Waals surface area contributed by atoms with Crippen LogP contribution in [0.25, 0.3) is 11.5 Å². The molecule has 7 heteroatoms. The summed E-state index contributed by atoms with van der Waals surface area (Å²) in [4.78, 5) is 4.06. The van der Waals surface area contributed by atoms with Crippen LogP contribution in [0.5, 0.6) is 0 Å². The Hall–Kier alpha value is -1.31. The predicted molar refractivity (Wildman–Crippen MR) is 66.2 cm³/mol. The monoisotopic (exact) mass is 315 g/mol. The minimum Gasteiger partial charge on any atom is -0.383 e. The summed E-state index contributed by atoms with van der Waals surface area (Å²) in [5.74, 6) is -0.0745. The van der Waals surface area contributed by atoms with Crippen LogP contribution in [-0.2, 0) is 4.74 Å². The van der Waals surface area contributed by atoms with Gasteiger partial charge in [0.15, 0.2) is 5.82 Å². The first kappa shape index (κ1) is 13.1. The Morgan fingerprint density at radius 2 is 2.33 bits per heavy atom. The van der Waals surface area contributed by atoms with Gasteiger partial charge in [0.2, 0.25) is 0 Å². The molecule has 0 aliphatic rings. The smallest absolute Gasteiger partial charge is 0.260 e. The number of aromatic nitrogens is 2. The Labute approximate surface area is 111 Å². The van der Waals surface area contributed by atoms with E-state index in [1.54, 1.807) is 18.2 Å². The standard InChI is InChI=1S/C11H11BrFN3O2/c1-17-5-8(14)10-15-11(18-16-10)6-3-2-4-7(12)9(6)13/h2-4,8H,5,14H2,1H3. The highest BCUT2D eigenvalue weighted by Crippen LogP contribution is 2.27. The number of rotatable bonds is 4. The van der Waals surface area contributed by atoms with E-state index in [0.29, 0.717) is 4.47 Å². The molecule has 2 N–H and O–H groups in total. The Bertz CT molecular complexity index is 547. The average molecular weight is 316 g/mol. The molecule has 1 unspecified atom stereocenters. The summed E-state index contributed by atoms with van der Waals surface area (Å²) in [5.41, 5.74) is 5.98. The maximum atomic E-state index is 13.8. The molecule has 0 aliphatic carbocycles. The van der Waals surface area contributed by atoms with Crippen LogP contribution in [0.3, 0.4) is 0 Å². The van der Waals surface area contributed by atoms with Gasteiger partial charge in [-0.3, -0.25) is 0 Å². The van der Waals surface area contributed by atoms with E-state index in [1.807, 2.05) is 0 Å². The van der Waals surface area contributed by atoms with Crippen molar-refractivity contribution in [2.75, 3.05) is 13.7 Å². The summed E-state index contributed by atoms with van der Waals surface area (Å²) in [7, 11) is 1.52. The first-order chi connectivity index (χ1) is 8.63. The van der Waals surface area contributed by atoms with Gasteiger partial charge in [-0.25, -0.2) is 4.39 Å². The first-order valence-electron chi connectivity index (χ1n) is 5.16. The maximum Gasteiger partial charge on any atom is 0.260 e. The quantitative estimate of drug-likeness (QED) is 0.937. The third-order valence-electron chi connectivity index (χ3n) is 2.30. The van der Waals surface area contributed by atoms with E-state index < -0.39 is 11.9 Å². The molecule has 1 atom stereocenters. The molecule has 96 valence electrons. The minimum absolute atomic E-state index is 0.0929. The summed E-state index contributed by atoms with van der Waals surface area (Å²) in [6.45, 7) is 0.264. The lowest BCUT2D eigenvalue weighted by molar-refractivity contribution is 0.177. The van der Waals surface area contributed by atoms with Crippen LogP contribution in [0.2, 0.25) is 0 Å². The van der Waals surface area contributed by atoms with E-state index in [2.05, 4.69) is 26.1 Å². The van der Waals surface area contributed by atoms with Crippen LogP contribution in [0.1, 0.15) is 11.9 Å². The van der Waals surface area contributed by atoms with E-state index in [4.69, 9.17) is 15.0 Å². The molecule has 0 amide bonds. The van der Waals surface area contributed by atoms with Crippen molar-refractivity contribution in [2.24, 2.45) is 5.73 Å². The number of ether oxygens (including phenoxy) is 1. The fourth-order valence-corrected chi connectivity index (χ4v) is 1.78. The van der Waals surface area contributed by atoms with Crippen LogP contribution in [-0.4, -0.2) is 23.9 Å². The predicted octanol–water partition coefficient (Wildman–Crippen LogP) is 2.28. The normalized spacial score (nSPS) is 12.7. The Kier molecular flexibility index (Phi) is 4.05. The molecule has 0 saturated carbocycles. The van der Waals surface area contributed by atoms with E-state index >= 15 is 0 Å². The van der Waals surface area contributed by atoms with Gasteiger partial charge in [0, 0.05) is 7.11 Å². The average Bonchev–Trinajstić information content (AvgIpc) is 2.82. The zero-order valence-corrected chi connectivity index (χ0v) is 11.1. The van der Waals surface area contributed by atoms with Crippen molar-refractivity contribution in [2.45, 2.75) is 6.04 Å². The van der Waals surface area contributed by atoms with Crippen LogP contribution in [0, 0.1) is 5.82 Å². The van der Waals surface area contributed by atoms with Gasteiger partial charge in [-0.1, -0.05) is 11.2 Å². The van der Waals surface area contributed by atoms with Gasteiger partial charge in [0.1, 0.15) is 5.82 Å². The maximum absolute atomic E-state index is 13.8. The van der Waals surface area contributed by atoms with Gasteiger partial charge in [0.25, 0.3) is 5.89 Å². The van der Waals surface area contributed by atoms with Gasteiger partial charge in [-0.05, 0) is 28.1 Å². The molecule has 0 aliphatic heterocycles. The summed E-state index contributed by atoms with van der Waals surface area (Å²) in [6, 6.07) is 4.33. The van der Waals surface area contributed by atoms with Crippen LogP contribution < -0.4 is 5.73 Å². The zero-order valence-electron chi connectivity index (χ0n) is 9.56. The zero-order chi connectivity index (χ0) is 13.1. The molecule has 0 spiro atoms. The summed E-state index contributed by atoms with van der Waals surface area (Å²) < 4.78 is 24.0. The number of methoxy groups -OCH3 is 1. The van der Waals surface area contributed by atoms with Crippen LogP contribution in [0.15, 0.2) is 27.2 Å². The first-order valence-corrected chi connectivity index (χ1v) is 5.95. The lowest BCUT2D eigenvalue weighted by atomic mass is 10.2. The van der Waals surface area contributed by atoms with Crippen molar-refractivity contribution in [1.82, 2.24) is 10.1 Å². The molecular formula is C11H11BrFN3O2. The van der Waals surface area contributed by atoms with E-state index in [-0.39, 0.29) is 23.9 Å². The molecular weight excluding hydrogens is 305 g/mol. The number of benzene rings is 1. The Morgan fingerprint density at radius 1 is 1.56 bits per heavy atom. The third-order valence-corrected chi connectivity index (χ3v) is 2.91. The van der Waals surface area contributed by atoms with Gasteiger partial charge >= 0.3 is 0 Å². The molecule has 0 bridgehead atoms. The Balaban J connectivity index is 2.32. The number of nitrogens with zero attached hydrogens (tertiary/aromatic N) is 2. The summed E-state index contributed by atoms with van der Waals surface area (Å²) in [5, 5.41) is 3.71. The highest BCUT2D eigenvalue weighted by atomic mass is 79.9. The summed E-state index contributed by atoms with van der Waals surface area (Å²) in [6.07, 6.45) is 0. The third kappa shape index (κ3) is 2.58. The lowest BCUT2D eigenvalue weighted by Gasteiger charge is -2.03. The topological polar surface area (TPSA) is 74.2 Å². The molecule has 1 aromatic heterocycles. The SMILES string of the molecule is COCC(N)c1noc(-c2cccc(Br)c2F)n1. The van der Waals surface area contributed by atoms with E-state index in [1.165, 1.54) is 7.11 Å². The van der Waals surface area contributed by atoms with Crippen molar-refractivity contribution >= 4 is 15.9 Å². The number of halogens is 2. The van der Waals surface area contributed by atoms with E-state index in [0.717, 1.165) is 0 Å². The molecule has 1 aromatic carbocycles. The molecule has 5 nitrogen and oxygen atoms in total. The summed E-state index contributed by atoms with van der Waals surface area (Å²) >= 11 is 3.09. The molecule has 18 heavy (non-hydrogen) atoms. The van der Waals surface area contributed by atoms with Gasteiger partial charge in [-0.15, -0.1) is 0 Å². The molecule has 0 radical (unpaired) electrons. The second-order valence-corrected chi connectivity index (χ2v) is 4.48. The molecule has 2 aromatic rings.